The molecule has 3 rings (SSSR count). The van der Waals surface area contributed by atoms with Gasteiger partial charge in [-0.1, -0.05) is 42.5 Å². The number of hydrogen-bond acceptors (Lipinski definition) is 4. The van der Waals surface area contributed by atoms with Crippen molar-refractivity contribution in [1.29, 1.82) is 0 Å². The van der Waals surface area contributed by atoms with Crippen molar-refractivity contribution in [2.24, 2.45) is 0 Å². The van der Waals surface area contributed by atoms with Crippen molar-refractivity contribution in [3.05, 3.63) is 65.7 Å². The minimum absolute atomic E-state index is 0.0803. The van der Waals surface area contributed by atoms with Crippen LogP contribution in [0, 0.1) is 0 Å². The topological polar surface area (TPSA) is 61.9 Å². The lowest BCUT2D eigenvalue weighted by Gasteiger charge is -2.35. The van der Waals surface area contributed by atoms with E-state index < -0.39 is 0 Å². The molecule has 2 aromatic rings. The first-order valence-corrected chi connectivity index (χ1v) is 10.0. The number of carbonyl (C=O) groups is 2. The Balaban J connectivity index is 1.52. The standard InChI is InChI=1S/C23H29N3O3/c1-18(27)24-22(20-6-4-3-5-7-20)16-23(28)26-14-12-25(13-15-26)17-19-8-10-21(29-2)11-9-19/h3-11,22H,12-17H2,1-2H3,(H,24,27)/t22-/m0/s1. The Hall–Kier alpha value is -2.86. The fourth-order valence-corrected chi connectivity index (χ4v) is 3.63. The third-order valence-electron chi connectivity index (χ3n) is 5.25. The van der Waals surface area contributed by atoms with Crippen LogP contribution in [0.15, 0.2) is 54.6 Å². The molecule has 0 bridgehead atoms. The molecule has 0 aromatic heterocycles. The monoisotopic (exact) mass is 395 g/mol. The molecule has 154 valence electrons. The van der Waals surface area contributed by atoms with E-state index in [4.69, 9.17) is 4.74 Å². The number of nitrogens with zero attached hydrogens (tertiary/aromatic N) is 2. The molecule has 2 amide bonds. The maximum atomic E-state index is 12.8. The van der Waals surface area contributed by atoms with Gasteiger partial charge in [0.15, 0.2) is 0 Å². The summed E-state index contributed by atoms with van der Waals surface area (Å²) in [5.41, 5.74) is 2.19. The van der Waals surface area contributed by atoms with E-state index in [0.29, 0.717) is 13.1 Å². The van der Waals surface area contributed by atoms with Gasteiger partial charge in [-0.25, -0.2) is 0 Å². The molecule has 1 aliphatic rings. The highest BCUT2D eigenvalue weighted by molar-refractivity contribution is 5.79. The van der Waals surface area contributed by atoms with Crippen molar-refractivity contribution in [2.45, 2.75) is 25.9 Å². The molecule has 1 fully saturated rings. The van der Waals surface area contributed by atoms with Crippen LogP contribution in [0.4, 0.5) is 0 Å². The summed E-state index contributed by atoms with van der Waals surface area (Å²) in [4.78, 5) is 28.7. The van der Waals surface area contributed by atoms with Crippen LogP contribution in [0.25, 0.3) is 0 Å². The smallest absolute Gasteiger partial charge is 0.225 e. The largest absolute Gasteiger partial charge is 0.497 e. The van der Waals surface area contributed by atoms with E-state index in [9.17, 15) is 9.59 Å². The number of ether oxygens (including phenoxy) is 1. The van der Waals surface area contributed by atoms with E-state index in [1.807, 2.05) is 47.4 Å². The van der Waals surface area contributed by atoms with Crippen LogP contribution < -0.4 is 10.1 Å². The highest BCUT2D eigenvalue weighted by Gasteiger charge is 2.24. The average molecular weight is 396 g/mol. The number of rotatable bonds is 7. The van der Waals surface area contributed by atoms with Crippen LogP contribution in [0.1, 0.15) is 30.5 Å². The summed E-state index contributed by atoms with van der Waals surface area (Å²) in [6.07, 6.45) is 0.280. The first-order chi connectivity index (χ1) is 14.0. The Morgan fingerprint density at radius 2 is 1.66 bits per heavy atom. The molecule has 2 aromatic carbocycles. The summed E-state index contributed by atoms with van der Waals surface area (Å²) in [5.74, 6) is 0.809. The lowest BCUT2D eigenvalue weighted by Crippen LogP contribution is -2.49. The highest BCUT2D eigenvalue weighted by Crippen LogP contribution is 2.19. The molecule has 0 saturated carbocycles. The summed E-state index contributed by atoms with van der Waals surface area (Å²) in [5, 5.41) is 2.91. The van der Waals surface area contributed by atoms with E-state index in [1.54, 1.807) is 7.11 Å². The molecule has 6 heteroatoms. The van der Waals surface area contributed by atoms with E-state index in [2.05, 4.69) is 22.3 Å². The minimum atomic E-state index is -0.293. The van der Waals surface area contributed by atoms with E-state index in [-0.39, 0.29) is 24.3 Å². The van der Waals surface area contributed by atoms with E-state index in [0.717, 1.165) is 30.9 Å². The molecule has 1 saturated heterocycles. The van der Waals surface area contributed by atoms with Gasteiger partial charge in [0, 0.05) is 39.6 Å². The second-order valence-electron chi connectivity index (χ2n) is 7.37. The molecule has 1 aliphatic heterocycles. The van der Waals surface area contributed by atoms with E-state index >= 15 is 0 Å². The van der Waals surface area contributed by atoms with Crippen LogP contribution >= 0.6 is 0 Å². The van der Waals surface area contributed by atoms with Gasteiger partial charge in [-0.2, -0.15) is 0 Å². The van der Waals surface area contributed by atoms with Gasteiger partial charge in [0.2, 0.25) is 11.8 Å². The van der Waals surface area contributed by atoms with Crippen LogP contribution in [-0.4, -0.2) is 54.9 Å². The van der Waals surface area contributed by atoms with Crippen molar-refractivity contribution in [3.63, 3.8) is 0 Å². The Bertz CT molecular complexity index is 800. The van der Waals surface area contributed by atoms with Crippen molar-refractivity contribution in [1.82, 2.24) is 15.1 Å². The molecule has 0 aliphatic carbocycles. The van der Waals surface area contributed by atoms with E-state index in [1.165, 1.54) is 12.5 Å². The number of piperazine rings is 1. The Morgan fingerprint density at radius 1 is 1.00 bits per heavy atom. The van der Waals surface area contributed by atoms with Gasteiger partial charge in [0.05, 0.1) is 19.6 Å². The van der Waals surface area contributed by atoms with Crippen LogP contribution in [0.3, 0.4) is 0 Å². The summed E-state index contributed by atoms with van der Waals surface area (Å²) >= 11 is 0. The Morgan fingerprint density at radius 3 is 2.24 bits per heavy atom. The molecule has 1 N–H and O–H groups in total. The van der Waals surface area contributed by atoms with Gasteiger partial charge in [-0.3, -0.25) is 14.5 Å². The van der Waals surface area contributed by atoms with Crippen molar-refractivity contribution < 1.29 is 14.3 Å². The molecule has 0 spiro atoms. The zero-order valence-electron chi connectivity index (χ0n) is 17.1. The number of benzene rings is 2. The van der Waals surface area contributed by atoms with Gasteiger partial charge in [0.25, 0.3) is 0 Å². The number of amides is 2. The SMILES string of the molecule is COc1ccc(CN2CCN(C(=O)C[C@H](NC(C)=O)c3ccccc3)CC2)cc1. The zero-order valence-corrected chi connectivity index (χ0v) is 17.1. The lowest BCUT2D eigenvalue weighted by molar-refractivity contribution is -0.133. The summed E-state index contributed by atoms with van der Waals surface area (Å²) in [6, 6.07) is 17.5. The molecule has 6 nitrogen and oxygen atoms in total. The number of hydrogen-bond donors (Lipinski definition) is 1. The molecule has 29 heavy (non-hydrogen) atoms. The maximum absolute atomic E-state index is 12.8. The molecule has 1 atom stereocenters. The third kappa shape index (κ3) is 6.06. The quantitative estimate of drug-likeness (QED) is 0.783. The molecule has 1 heterocycles. The fourth-order valence-electron chi connectivity index (χ4n) is 3.63. The Kier molecular flexibility index (Phi) is 7.25. The summed E-state index contributed by atoms with van der Waals surface area (Å²) < 4.78 is 5.20. The van der Waals surface area contributed by atoms with Crippen LogP contribution in [-0.2, 0) is 16.1 Å². The predicted molar refractivity (Wildman–Crippen MR) is 112 cm³/mol. The third-order valence-corrected chi connectivity index (χ3v) is 5.25. The van der Waals surface area contributed by atoms with Gasteiger partial charge in [-0.05, 0) is 23.3 Å². The van der Waals surface area contributed by atoms with Gasteiger partial charge in [0.1, 0.15) is 5.75 Å². The summed E-state index contributed by atoms with van der Waals surface area (Å²) in [6.45, 7) is 5.44. The molecule has 0 unspecified atom stereocenters. The first-order valence-electron chi connectivity index (χ1n) is 10.0. The van der Waals surface area contributed by atoms with Crippen molar-refractivity contribution in [2.75, 3.05) is 33.3 Å². The van der Waals surface area contributed by atoms with Gasteiger partial charge < -0.3 is 15.0 Å². The van der Waals surface area contributed by atoms with Crippen LogP contribution in [0.5, 0.6) is 5.75 Å². The van der Waals surface area contributed by atoms with Gasteiger partial charge >= 0.3 is 0 Å². The molecular weight excluding hydrogens is 366 g/mol. The fraction of sp³-hybridized carbons (Fsp3) is 0.391. The Labute approximate surface area is 172 Å². The lowest BCUT2D eigenvalue weighted by atomic mass is 10.0. The summed E-state index contributed by atoms with van der Waals surface area (Å²) in [7, 11) is 1.67. The van der Waals surface area contributed by atoms with Crippen LogP contribution in [0.2, 0.25) is 0 Å². The minimum Gasteiger partial charge on any atom is -0.497 e. The first kappa shape index (κ1) is 20.9. The normalized spacial score (nSPS) is 15.6. The number of nitrogens with one attached hydrogen (secondary N) is 1. The molecular formula is C23H29N3O3. The second-order valence-corrected chi connectivity index (χ2v) is 7.37. The van der Waals surface area contributed by atoms with Crippen molar-refractivity contribution >= 4 is 11.8 Å². The number of methoxy groups -OCH3 is 1. The molecule has 0 radical (unpaired) electrons. The van der Waals surface area contributed by atoms with Gasteiger partial charge in [-0.15, -0.1) is 0 Å². The second kappa shape index (κ2) is 10.1. The zero-order chi connectivity index (χ0) is 20.6. The number of carbonyl (C=O) groups excluding carboxylic acids is 2. The van der Waals surface area contributed by atoms with Crippen molar-refractivity contribution in [3.8, 4) is 5.75 Å². The average Bonchev–Trinajstić information content (AvgIpc) is 2.74. The predicted octanol–water partition coefficient (Wildman–Crippen LogP) is 2.61. The maximum Gasteiger partial charge on any atom is 0.225 e. The highest BCUT2D eigenvalue weighted by atomic mass is 16.5.